The van der Waals surface area contributed by atoms with E-state index in [-0.39, 0.29) is 48.1 Å². The summed E-state index contributed by atoms with van der Waals surface area (Å²) in [5.74, 6) is -0.284. The van der Waals surface area contributed by atoms with Crippen molar-refractivity contribution in [3.8, 4) is 0 Å². The van der Waals surface area contributed by atoms with Crippen LogP contribution in [-0.2, 0) is 15.4 Å². The Kier molecular flexibility index (Phi) is 5.75. The van der Waals surface area contributed by atoms with Crippen LogP contribution in [0.4, 0.5) is 5.69 Å². The number of aromatic nitrogens is 1. The van der Waals surface area contributed by atoms with Gasteiger partial charge in [0.15, 0.2) is 0 Å². The van der Waals surface area contributed by atoms with E-state index >= 15 is 0 Å². The minimum absolute atomic E-state index is 0.0723. The molecule has 3 aromatic rings. The zero-order chi connectivity index (χ0) is 24.0. The lowest BCUT2D eigenvalue weighted by atomic mass is 9.87. The van der Waals surface area contributed by atoms with E-state index in [1.165, 1.54) is 22.6 Å². The number of hydrogen-bond acceptors (Lipinski definition) is 5. The van der Waals surface area contributed by atoms with Gasteiger partial charge in [0, 0.05) is 55.4 Å². The van der Waals surface area contributed by atoms with Gasteiger partial charge in [0.1, 0.15) is 0 Å². The highest BCUT2D eigenvalue weighted by Gasteiger charge is 2.31. The molecule has 174 valence electrons. The van der Waals surface area contributed by atoms with Crippen molar-refractivity contribution < 1.29 is 18.1 Å². The number of nitrogens with one attached hydrogen (secondary N) is 1. The van der Waals surface area contributed by atoms with Crippen LogP contribution in [0.25, 0.3) is 10.9 Å². The predicted molar refractivity (Wildman–Crippen MR) is 125 cm³/mol. The fourth-order valence-corrected chi connectivity index (χ4v) is 5.40. The lowest BCUT2D eigenvalue weighted by Crippen LogP contribution is -2.50. The second-order valence-electron chi connectivity index (χ2n) is 9.16. The minimum atomic E-state index is -3.66. The molecule has 1 aromatic heterocycles. The Labute approximate surface area is 192 Å². The van der Waals surface area contributed by atoms with Crippen LogP contribution in [0, 0.1) is 10.1 Å². The average Bonchev–Trinajstić information content (AvgIpc) is 3.21. The van der Waals surface area contributed by atoms with Crippen LogP contribution in [-0.4, -0.2) is 59.6 Å². The maximum atomic E-state index is 13.1. The van der Waals surface area contributed by atoms with Crippen LogP contribution in [0.1, 0.15) is 36.7 Å². The molecule has 0 atom stereocenters. The quantitative estimate of drug-likeness (QED) is 0.463. The third kappa shape index (κ3) is 4.36. The fraction of sp³-hybridized carbons (Fsp3) is 0.348. The number of nitro groups is 1. The van der Waals surface area contributed by atoms with Gasteiger partial charge in [-0.15, -0.1) is 0 Å². The number of nitrogens with zero attached hydrogens (tertiary/aromatic N) is 3. The number of carbonyl (C=O) groups is 1. The molecule has 0 unspecified atom stereocenters. The molecule has 9 nitrogen and oxygen atoms in total. The Morgan fingerprint density at radius 1 is 1.03 bits per heavy atom. The molecule has 33 heavy (non-hydrogen) atoms. The van der Waals surface area contributed by atoms with Crippen molar-refractivity contribution in [2.45, 2.75) is 31.1 Å². The monoisotopic (exact) mass is 470 g/mol. The van der Waals surface area contributed by atoms with Gasteiger partial charge in [-0.1, -0.05) is 32.9 Å². The van der Waals surface area contributed by atoms with Crippen LogP contribution in [0.2, 0.25) is 0 Å². The summed E-state index contributed by atoms with van der Waals surface area (Å²) in [7, 11) is -3.66. The number of non-ortho nitro benzene ring substituents is 1. The molecule has 1 N–H and O–H groups in total. The highest BCUT2D eigenvalue weighted by molar-refractivity contribution is 7.89. The first-order chi connectivity index (χ1) is 15.5. The van der Waals surface area contributed by atoms with E-state index in [1.54, 1.807) is 23.1 Å². The number of piperazine rings is 1. The molecule has 0 bridgehead atoms. The molecule has 2 heterocycles. The summed E-state index contributed by atoms with van der Waals surface area (Å²) in [5, 5.41) is 11.6. The molecular formula is C23H26N4O5S. The van der Waals surface area contributed by atoms with E-state index in [4.69, 9.17) is 0 Å². The summed E-state index contributed by atoms with van der Waals surface area (Å²) in [6.07, 6.45) is 1.54. The zero-order valence-corrected chi connectivity index (χ0v) is 19.6. The van der Waals surface area contributed by atoms with Crippen LogP contribution in [0.3, 0.4) is 0 Å². The van der Waals surface area contributed by atoms with Gasteiger partial charge in [0.25, 0.3) is 11.6 Å². The first-order valence-electron chi connectivity index (χ1n) is 10.6. The van der Waals surface area contributed by atoms with E-state index < -0.39 is 14.9 Å². The average molecular weight is 471 g/mol. The van der Waals surface area contributed by atoms with Gasteiger partial charge in [0.2, 0.25) is 10.0 Å². The number of carbonyl (C=O) groups excluding carboxylic acids is 1. The van der Waals surface area contributed by atoms with Crippen molar-refractivity contribution in [3.63, 3.8) is 0 Å². The molecular weight excluding hydrogens is 444 g/mol. The van der Waals surface area contributed by atoms with Crippen molar-refractivity contribution in [1.29, 1.82) is 0 Å². The molecule has 1 fully saturated rings. The fourth-order valence-electron chi connectivity index (χ4n) is 3.98. The highest BCUT2D eigenvalue weighted by atomic mass is 32.2. The number of amides is 1. The van der Waals surface area contributed by atoms with Gasteiger partial charge in [0.05, 0.1) is 15.4 Å². The molecule has 1 saturated heterocycles. The third-order valence-electron chi connectivity index (χ3n) is 5.99. The molecule has 10 heteroatoms. The number of sulfonamides is 1. The first kappa shape index (κ1) is 22.9. The molecule has 1 aliphatic rings. The summed E-state index contributed by atoms with van der Waals surface area (Å²) < 4.78 is 27.6. The maximum Gasteiger partial charge on any atom is 0.270 e. The number of aromatic amines is 1. The normalized spacial score (nSPS) is 15.7. The largest absolute Gasteiger partial charge is 0.360 e. The second kappa shape index (κ2) is 8.27. The Hall–Kier alpha value is -3.24. The molecule has 4 rings (SSSR count). The van der Waals surface area contributed by atoms with Crippen LogP contribution >= 0.6 is 0 Å². The second-order valence-corrected chi connectivity index (χ2v) is 11.1. The highest BCUT2D eigenvalue weighted by Crippen LogP contribution is 2.27. The van der Waals surface area contributed by atoms with Crippen LogP contribution < -0.4 is 0 Å². The molecule has 1 aliphatic heterocycles. The zero-order valence-electron chi connectivity index (χ0n) is 18.7. The Balaban J connectivity index is 1.48. The molecule has 1 amide bonds. The standard InChI is InChI=1S/C23H26N4O5S/c1-23(2,3)16-4-7-18(8-5-16)33(31,32)26-12-10-25(11-13-26)22(28)20-15-24-21-9-6-17(27(29)30)14-19(20)21/h4-9,14-15,24H,10-13H2,1-3H3. The summed E-state index contributed by atoms with van der Waals surface area (Å²) in [5.41, 5.74) is 1.85. The van der Waals surface area contributed by atoms with E-state index in [2.05, 4.69) is 25.8 Å². The summed E-state index contributed by atoms with van der Waals surface area (Å²) in [6.45, 7) is 7.03. The van der Waals surface area contributed by atoms with Gasteiger partial charge in [-0.2, -0.15) is 4.31 Å². The van der Waals surface area contributed by atoms with E-state index in [1.807, 2.05) is 12.1 Å². The van der Waals surface area contributed by atoms with Crippen LogP contribution in [0.5, 0.6) is 0 Å². The molecule has 0 saturated carbocycles. The summed E-state index contributed by atoms with van der Waals surface area (Å²) >= 11 is 0. The van der Waals surface area contributed by atoms with Crippen molar-refractivity contribution >= 4 is 32.5 Å². The molecule has 0 spiro atoms. The third-order valence-corrected chi connectivity index (χ3v) is 7.90. The Bertz CT molecular complexity index is 1320. The van der Waals surface area contributed by atoms with Gasteiger partial charge in [-0.05, 0) is 29.2 Å². The number of hydrogen-bond donors (Lipinski definition) is 1. The Morgan fingerprint density at radius 3 is 2.24 bits per heavy atom. The SMILES string of the molecule is CC(C)(C)c1ccc(S(=O)(=O)N2CCN(C(=O)c3c[nH]c4ccc([N+](=O)[O-])cc34)CC2)cc1. The first-order valence-corrected chi connectivity index (χ1v) is 12.1. The van der Waals surface area contributed by atoms with Crippen molar-refractivity contribution in [2.24, 2.45) is 0 Å². The van der Waals surface area contributed by atoms with Crippen molar-refractivity contribution in [2.75, 3.05) is 26.2 Å². The number of rotatable bonds is 4. The number of nitro benzene ring substituents is 1. The minimum Gasteiger partial charge on any atom is -0.360 e. The predicted octanol–water partition coefficient (Wildman–Crippen LogP) is 3.52. The number of fused-ring (bicyclic) bond motifs is 1. The smallest absolute Gasteiger partial charge is 0.270 e. The molecule has 2 aromatic carbocycles. The van der Waals surface area contributed by atoms with E-state index in [0.29, 0.717) is 16.5 Å². The van der Waals surface area contributed by atoms with E-state index in [0.717, 1.165) is 5.56 Å². The lowest BCUT2D eigenvalue weighted by Gasteiger charge is -2.34. The van der Waals surface area contributed by atoms with Crippen LogP contribution in [0.15, 0.2) is 53.6 Å². The Morgan fingerprint density at radius 2 is 1.67 bits per heavy atom. The number of H-pyrrole nitrogens is 1. The molecule has 0 aliphatic carbocycles. The number of benzene rings is 2. The lowest BCUT2D eigenvalue weighted by molar-refractivity contribution is -0.384. The summed E-state index contributed by atoms with van der Waals surface area (Å²) in [6, 6.07) is 11.3. The topological polar surface area (TPSA) is 117 Å². The van der Waals surface area contributed by atoms with E-state index in [9.17, 15) is 23.3 Å². The molecule has 0 radical (unpaired) electrons. The van der Waals surface area contributed by atoms with Gasteiger partial charge < -0.3 is 9.88 Å². The van der Waals surface area contributed by atoms with Crippen molar-refractivity contribution in [3.05, 3.63) is 69.9 Å². The summed E-state index contributed by atoms with van der Waals surface area (Å²) in [4.78, 5) is 28.5. The van der Waals surface area contributed by atoms with Gasteiger partial charge in [-0.3, -0.25) is 14.9 Å². The van der Waals surface area contributed by atoms with Crippen molar-refractivity contribution in [1.82, 2.24) is 14.2 Å². The van der Waals surface area contributed by atoms with Gasteiger partial charge >= 0.3 is 0 Å². The van der Waals surface area contributed by atoms with Gasteiger partial charge in [-0.25, -0.2) is 8.42 Å². The maximum absolute atomic E-state index is 13.1.